The van der Waals surface area contributed by atoms with Gasteiger partial charge in [0, 0.05) is 6.54 Å². The lowest BCUT2D eigenvalue weighted by Crippen LogP contribution is -2.26. The highest BCUT2D eigenvalue weighted by Gasteiger charge is 2.06. The summed E-state index contributed by atoms with van der Waals surface area (Å²) in [5.74, 6) is 1.10. The smallest absolute Gasteiger partial charge is 0.335 e. The van der Waals surface area contributed by atoms with Crippen molar-refractivity contribution in [3.8, 4) is 0 Å². The first kappa shape index (κ1) is 15.6. The molecule has 0 saturated heterocycles. The van der Waals surface area contributed by atoms with Crippen molar-refractivity contribution >= 4 is 23.6 Å². The molecule has 0 spiro atoms. The zero-order valence-electron chi connectivity index (χ0n) is 11.0. The number of thioether (sulfide) groups is 1. The summed E-state index contributed by atoms with van der Waals surface area (Å²) >= 11 is 1.85. The van der Waals surface area contributed by atoms with Gasteiger partial charge < -0.3 is 10.4 Å². The van der Waals surface area contributed by atoms with Gasteiger partial charge in [-0.1, -0.05) is 19.1 Å². The van der Waals surface area contributed by atoms with Gasteiger partial charge >= 0.3 is 5.97 Å². The monoisotopic (exact) mass is 281 g/mol. The zero-order valence-corrected chi connectivity index (χ0v) is 11.8. The predicted molar refractivity (Wildman–Crippen MR) is 77.7 cm³/mol. The summed E-state index contributed by atoms with van der Waals surface area (Å²) in [6.07, 6.45) is 1.18. The second-order valence-corrected chi connectivity index (χ2v) is 5.48. The molecule has 2 N–H and O–H groups in total. The molecule has 0 unspecified atom stereocenters. The van der Waals surface area contributed by atoms with Crippen LogP contribution in [0.3, 0.4) is 0 Å². The van der Waals surface area contributed by atoms with Crippen molar-refractivity contribution in [2.45, 2.75) is 19.8 Å². The van der Waals surface area contributed by atoms with Crippen LogP contribution < -0.4 is 5.32 Å². The van der Waals surface area contributed by atoms with Crippen LogP contribution in [0, 0.1) is 0 Å². The standard InChI is InChI=1S/C14H19NO3S/c1-2-19-8-4-7-15-13(16)10-11-5-3-6-12(9-11)14(17)18/h3,5-6,9H,2,4,7-8,10H2,1H3,(H,15,16)(H,17,18). The number of benzene rings is 1. The first-order valence-corrected chi connectivity index (χ1v) is 7.45. The molecule has 5 heteroatoms. The summed E-state index contributed by atoms with van der Waals surface area (Å²) in [4.78, 5) is 22.5. The van der Waals surface area contributed by atoms with E-state index in [1.807, 2.05) is 11.8 Å². The predicted octanol–water partition coefficient (Wildman–Crippen LogP) is 2.19. The molecule has 1 rings (SSSR count). The molecule has 0 heterocycles. The molecule has 0 saturated carbocycles. The van der Waals surface area contributed by atoms with Crippen molar-refractivity contribution in [3.05, 3.63) is 35.4 Å². The second kappa shape index (κ2) is 8.58. The van der Waals surface area contributed by atoms with Gasteiger partial charge in [-0.05, 0) is 35.6 Å². The summed E-state index contributed by atoms with van der Waals surface area (Å²) in [6, 6.07) is 6.48. The molecule has 0 fully saturated rings. The fraction of sp³-hybridized carbons (Fsp3) is 0.429. The number of carboxylic acids is 1. The molecule has 1 amide bonds. The third-order valence-corrected chi connectivity index (χ3v) is 3.52. The van der Waals surface area contributed by atoms with Gasteiger partial charge in [-0.3, -0.25) is 4.79 Å². The SMILES string of the molecule is CCSCCCNC(=O)Cc1cccc(C(=O)O)c1. The van der Waals surface area contributed by atoms with Crippen molar-refractivity contribution < 1.29 is 14.7 Å². The molecule has 0 aliphatic heterocycles. The number of carbonyl (C=O) groups excluding carboxylic acids is 1. The minimum Gasteiger partial charge on any atom is -0.478 e. The van der Waals surface area contributed by atoms with E-state index in [9.17, 15) is 9.59 Å². The summed E-state index contributed by atoms with van der Waals surface area (Å²) in [7, 11) is 0. The summed E-state index contributed by atoms with van der Waals surface area (Å²) in [5.41, 5.74) is 0.935. The van der Waals surface area contributed by atoms with Gasteiger partial charge in [0.05, 0.1) is 12.0 Å². The summed E-state index contributed by atoms with van der Waals surface area (Å²) < 4.78 is 0. The lowest BCUT2D eigenvalue weighted by molar-refractivity contribution is -0.120. The topological polar surface area (TPSA) is 66.4 Å². The number of hydrogen-bond donors (Lipinski definition) is 2. The van der Waals surface area contributed by atoms with E-state index in [1.165, 1.54) is 12.1 Å². The van der Waals surface area contributed by atoms with Crippen molar-refractivity contribution in [3.63, 3.8) is 0 Å². The molecule has 0 atom stereocenters. The number of rotatable bonds is 8. The molecule has 1 aromatic carbocycles. The first-order valence-electron chi connectivity index (χ1n) is 6.30. The number of amides is 1. The molecular formula is C14H19NO3S. The van der Waals surface area contributed by atoms with E-state index in [1.54, 1.807) is 12.1 Å². The van der Waals surface area contributed by atoms with E-state index in [4.69, 9.17) is 5.11 Å². The maximum absolute atomic E-state index is 11.7. The number of carbonyl (C=O) groups is 2. The molecule has 0 aliphatic rings. The van der Waals surface area contributed by atoms with Gasteiger partial charge in [-0.15, -0.1) is 0 Å². The summed E-state index contributed by atoms with van der Waals surface area (Å²) in [6.45, 7) is 2.78. The van der Waals surface area contributed by atoms with E-state index in [2.05, 4.69) is 12.2 Å². The van der Waals surface area contributed by atoms with Gasteiger partial charge in [-0.2, -0.15) is 11.8 Å². The zero-order chi connectivity index (χ0) is 14.1. The van der Waals surface area contributed by atoms with Gasteiger partial charge in [-0.25, -0.2) is 4.79 Å². The average Bonchev–Trinajstić information content (AvgIpc) is 2.38. The molecule has 1 aromatic rings. The normalized spacial score (nSPS) is 10.2. The maximum Gasteiger partial charge on any atom is 0.335 e. The van der Waals surface area contributed by atoms with Gasteiger partial charge in [0.25, 0.3) is 0 Å². The van der Waals surface area contributed by atoms with Crippen LogP contribution in [0.4, 0.5) is 0 Å². The molecule has 0 aromatic heterocycles. The van der Waals surface area contributed by atoms with Gasteiger partial charge in [0.15, 0.2) is 0 Å². The van der Waals surface area contributed by atoms with Crippen LogP contribution in [0.5, 0.6) is 0 Å². The Morgan fingerprint density at radius 1 is 1.37 bits per heavy atom. The molecule has 4 nitrogen and oxygen atoms in total. The average molecular weight is 281 g/mol. The van der Waals surface area contributed by atoms with E-state index < -0.39 is 5.97 Å². The fourth-order valence-electron chi connectivity index (χ4n) is 1.61. The van der Waals surface area contributed by atoms with Crippen LogP contribution in [0.2, 0.25) is 0 Å². The van der Waals surface area contributed by atoms with Crippen LogP contribution in [-0.4, -0.2) is 35.0 Å². The molecule has 0 bridgehead atoms. The maximum atomic E-state index is 11.7. The third kappa shape index (κ3) is 6.29. The van der Waals surface area contributed by atoms with Crippen LogP contribution in [0.15, 0.2) is 24.3 Å². The molecule has 0 aliphatic carbocycles. The van der Waals surface area contributed by atoms with Crippen LogP contribution >= 0.6 is 11.8 Å². The number of aromatic carboxylic acids is 1. The van der Waals surface area contributed by atoms with Crippen LogP contribution in [-0.2, 0) is 11.2 Å². The van der Waals surface area contributed by atoms with Crippen molar-refractivity contribution in [1.29, 1.82) is 0 Å². The Hall–Kier alpha value is -1.49. The highest BCUT2D eigenvalue weighted by Crippen LogP contribution is 2.06. The Labute approximate surface area is 117 Å². The minimum atomic E-state index is -0.973. The van der Waals surface area contributed by atoms with E-state index >= 15 is 0 Å². The van der Waals surface area contributed by atoms with Crippen LogP contribution in [0.1, 0.15) is 29.3 Å². The number of hydrogen-bond acceptors (Lipinski definition) is 3. The molecule has 0 radical (unpaired) electrons. The number of carboxylic acid groups (broad SMARTS) is 1. The van der Waals surface area contributed by atoms with E-state index in [0.717, 1.165) is 23.5 Å². The van der Waals surface area contributed by atoms with Crippen molar-refractivity contribution in [1.82, 2.24) is 5.32 Å². The largest absolute Gasteiger partial charge is 0.478 e. The second-order valence-electron chi connectivity index (χ2n) is 4.08. The van der Waals surface area contributed by atoms with Gasteiger partial charge in [0.1, 0.15) is 0 Å². The Kier molecular flexibility index (Phi) is 7.03. The Balaban J connectivity index is 2.35. The molecule has 19 heavy (non-hydrogen) atoms. The Morgan fingerprint density at radius 2 is 2.16 bits per heavy atom. The Morgan fingerprint density at radius 3 is 2.84 bits per heavy atom. The van der Waals surface area contributed by atoms with Crippen molar-refractivity contribution in [2.75, 3.05) is 18.1 Å². The summed E-state index contributed by atoms with van der Waals surface area (Å²) in [5, 5.41) is 11.7. The first-order chi connectivity index (χ1) is 9.13. The fourth-order valence-corrected chi connectivity index (χ4v) is 2.25. The van der Waals surface area contributed by atoms with E-state index in [-0.39, 0.29) is 17.9 Å². The number of nitrogens with one attached hydrogen (secondary N) is 1. The quantitative estimate of drug-likeness (QED) is 0.717. The lowest BCUT2D eigenvalue weighted by Gasteiger charge is -2.05. The minimum absolute atomic E-state index is 0.0657. The van der Waals surface area contributed by atoms with Crippen molar-refractivity contribution in [2.24, 2.45) is 0 Å². The van der Waals surface area contributed by atoms with Crippen LogP contribution in [0.25, 0.3) is 0 Å². The highest BCUT2D eigenvalue weighted by molar-refractivity contribution is 7.99. The Bertz CT molecular complexity index is 434. The van der Waals surface area contributed by atoms with Gasteiger partial charge in [0.2, 0.25) is 5.91 Å². The highest BCUT2D eigenvalue weighted by atomic mass is 32.2. The third-order valence-electron chi connectivity index (χ3n) is 2.53. The molecule has 104 valence electrons. The molecular weight excluding hydrogens is 262 g/mol. The lowest BCUT2D eigenvalue weighted by atomic mass is 10.1. The van der Waals surface area contributed by atoms with E-state index in [0.29, 0.717) is 6.54 Å².